The van der Waals surface area contributed by atoms with E-state index in [0.29, 0.717) is 0 Å². The lowest BCUT2D eigenvalue weighted by atomic mass is 9.94. The summed E-state index contributed by atoms with van der Waals surface area (Å²) in [6, 6.07) is 6.18. The number of rotatable bonds is 4. The first-order chi connectivity index (χ1) is 6.93. The summed E-state index contributed by atoms with van der Waals surface area (Å²) in [5.74, 6) is -0.167. The van der Waals surface area contributed by atoms with Gasteiger partial charge in [-0.1, -0.05) is 26.0 Å². The Kier molecular flexibility index (Phi) is 3.69. The third-order valence-corrected chi connectivity index (χ3v) is 2.60. The first-order valence-electron chi connectivity index (χ1n) is 5.03. The first-order valence-corrected chi connectivity index (χ1v) is 5.03. The summed E-state index contributed by atoms with van der Waals surface area (Å²) in [4.78, 5) is 0. The molecule has 15 heavy (non-hydrogen) atoms. The highest BCUT2D eigenvalue weighted by Gasteiger charge is 2.26. The number of aliphatic hydroxyl groups is 1. The molecule has 0 aliphatic heterocycles. The van der Waals surface area contributed by atoms with Crippen LogP contribution in [-0.4, -0.2) is 17.3 Å². The van der Waals surface area contributed by atoms with Gasteiger partial charge in [0, 0.05) is 0 Å². The van der Waals surface area contributed by atoms with Gasteiger partial charge in [0.15, 0.2) is 11.6 Å². The lowest BCUT2D eigenvalue weighted by molar-refractivity contribution is -0.0275. The minimum Gasteiger partial charge on any atom is -0.488 e. The van der Waals surface area contributed by atoms with Crippen LogP contribution in [0.3, 0.4) is 0 Å². The second-order valence-corrected chi connectivity index (χ2v) is 4.23. The Morgan fingerprint density at radius 1 is 1.40 bits per heavy atom. The Balaban J connectivity index is 2.62. The lowest BCUT2D eigenvalue weighted by Gasteiger charge is -2.27. The molecule has 0 saturated carbocycles. The van der Waals surface area contributed by atoms with Gasteiger partial charge in [0.25, 0.3) is 0 Å². The van der Waals surface area contributed by atoms with Crippen LogP contribution in [0.4, 0.5) is 4.39 Å². The molecule has 2 nitrogen and oxygen atoms in total. The molecule has 0 aromatic heterocycles. The Bertz CT molecular complexity index is 321. The van der Waals surface area contributed by atoms with Gasteiger partial charge in [0.05, 0.1) is 5.60 Å². The van der Waals surface area contributed by atoms with E-state index < -0.39 is 11.4 Å². The molecule has 0 radical (unpaired) electrons. The Morgan fingerprint density at radius 3 is 2.53 bits per heavy atom. The summed E-state index contributed by atoms with van der Waals surface area (Å²) in [6.07, 6.45) is 0. The average Bonchev–Trinajstić information content (AvgIpc) is 2.16. The zero-order chi connectivity index (χ0) is 11.5. The Hall–Kier alpha value is -1.09. The van der Waals surface area contributed by atoms with Crippen molar-refractivity contribution in [3.63, 3.8) is 0 Å². The van der Waals surface area contributed by atoms with Crippen molar-refractivity contribution in [2.45, 2.75) is 26.4 Å². The fourth-order valence-corrected chi connectivity index (χ4v) is 0.952. The van der Waals surface area contributed by atoms with Gasteiger partial charge >= 0.3 is 0 Å². The van der Waals surface area contributed by atoms with E-state index in [1.807, 2.05) is 13.8 Å². The van der Waals surface area contributed by atoms with Crippen molar-refractivity contribution in [1.82, 2.24) is 0 Å². The maximum Gasteiger partial charge on any atom is 0.165 e. The maximum atomic E-state index is 13.2. The van der Waals surface area contributed by atoms with Crippen molar-refractivity contribution in [3.8, 4) is 5.75 Å². The summed E-state index contributed by atoms with van der Waals surface area (Å²) in [5.41, 5.74) is -0.942. The van der Waals surface area contributed by atoms with Crippen LogP contribution in [0.25, 0.3) is 0 Å². The number of para-hydroxylation sites is 1. The molecule has 0 spiro atoms. The highest BCUT2D eigenvalue weighted by Crippen LogP contribution is 2.20. The minimum absolute atomic E-state index is 0.0595. The van der Waals surface area contributed by atoms with Crippen molar-refractivity contribution >= 4 is 0 Å². The zero-order valence-electron chi connectivity index (χ0n) is 9.33. The monoisotopic (exact) mass is 212 g/mol. The van der Waals surface area contributed by atoms with Gasteiger partial charge in [-0.25, -0.2) is 4.39 Å². The maximum absolute atomic E-state index is 13.2. The van der Waals surface area contributed by atoms with Gasteiger partial charge in [-0.2, -0.15) is 0 Å². The fraction of sp³-hybridized carbons (Fsp3) is 0.500. The van der Waals surface area contributed by atoms with Gasteiger partial charge in [-0.3, -0.25) is 0 Å². The zero-order valence-corrected chi connectivity index (χ0v) is 9.33. The molecule has 0 bridgehead atoms. The molecule has 3 heteroatoms. The largest absolute Gasteiger partial charge is 0.488 e. The predicted molar refractivity (Wildman–Crippen MR) is 57.4 cm³/mol. The molecule has 0 amide bonds. The van der Waals surface area contributed by atoms with Gasteiger partial charge in [-0.15, -0.1) is 0 Å². The summed E-state index contributed by atoms with van der Waals surface area (Å²) < 4.78 is 18.4. The Labute approximate surface area is 89.7 Å². The van der Waals surface area contributed by atoms with Crippen molar-refractivity contribution in [2.75, 3.05) is 6.61 Å². The molecule has 0 heterocycles. The molecule has 0 aliphatic carbocycles. The van der Waals surface area contributed by atoms with E-state index in [0.717, 1.165) is 0 Å². The second kappa shape index (κ2) is 4.62. The van der Waals surface area contributed by atoms with E-state index in [9.17, 15) is 9.50 Å². The molecule has 1 atom stereocenters. The summed E-state index contributed by atoms with van der Waals surface area (Å²) >= 11 is 0. The predicted octanol–water partition coefficient (Wildman–Crippen LogP) is 2.61. The lowest BCUT2D eigenvalue weighted by Crippen LogP contribution is -2.37. The van der Waals surface area contributed by atoms with Gasteiger partial charge in [0.1, 0.15) is 6.61 Å². The van der Waals surface area contributed by atoms with Crippen LogP contribution in [0.5, 0.6) is 5.75 Å². The van der Waals surface area contributed by atoms with Crippen LogP contribution < -0.4 is 4.74 Å². The fourth-order valence-electron chi connectivity index (χ4n) is 0.952. The molecule has 1 N–H and O–H groups in total. The summed E-state index contributed by atoms with van der Waals surface area (Å²) in [7, 11) is 0. The molecule has 1 aromatic carbocycles. The molecular formula is C12H17FO2. The summed E-state index contributed by atoms with van der Waals surface area (Å²) in [6.45, 7) is 5.56. The van der Waals surface area contributed by atoms with Crippen molar-refractivity contribution < 1.29 is 14.2 Å². The Morgan fingerprint density at radius 2 is 2.00 bits per heavy atom. The number of hydrogen-bond donors (Lipinski definition) is 1. The van der Waals surface area contributed by atoms with E-state index in [-0.39, 0.29) is 18.3 Å². The average molecular weight is 212 g/mol. The highest BCUT2D eigenvalue weighted by atomic mass is 19.1. The third kappa shape index (κ3) is 3.20. The summed E-state index contributed by atoms with van der Waals surface area (Å²) in [5, 5.41) is 9.90. The van der Waals surface area contributed by atoms with E-state index in [1.165, 1.54) is 6.07 Å². The second-order valence-electron chi connectivity index (χ2n) is 4.23. The third-order valence-electron chi connectivity index (χ3n) is 2.60. The van der Waals surface area contributed by atoms with Crippen LogP contribution in [0.2, 0.25) is 0 Å². The SMILES string of the molecule is CC(C)C(C)(O)COc1ccccc1F. The van der Waals surface area contributed by atoms with Crippen LogP contribution in [0, 0.1) is 11.7 Å². The van der Waals surface area contributed by atoms with Gasteiger partial charge < -0.3 is 9.84 Å². The van der Waals surface area contributed by atoms with Crippen LogP contribution in [-0.2, 0) is 0 Å². The van der Waals surface area contributed by atoms with E-state index >= 15 is 0 Å². The van der Waals surface area contributed by atoms with Gasteiger partial charge in [-0.05, 0) is 25.0 Å². The smallest absolute Gasteiger partial charge is 0.165 e. The van der Waals surface area contributed by atoms with Crippen LogP contribution >= 0.6 is 0 Å². The molecular weight excluding hydrogens is 195 g/mol. The van der Waals surface area contributed by atoms with Crippen molar-refractivity contribution in [3.05, 3.63) is 30.1 Å². The van der Waals surface area contributed by atoms with Crippen molar-refractivity contribution in [2.24, 2.45) is 5.92 Å². The van der Waals surface area contributed by atoms with Gasteiger partial charge in [0.2, 0.25) is 0 Å². The number of benzene rings is 1. The number of ether oxygens (including phenoxy) is 1. The van der Waals surface area contributed by atoms with E-state index in [4.69, 9.17) is 4.74 Å². The molecule has 0 aliphatic rings. The molecule has 0 fully saturated rings. The van der Waals surface area contributed by atoms with Crippen LogP contribution in [0.1, 0.15) is 20.8 Å². The topological polar surface area (TPSA) is 29.5 Å². The first kappa shape index (κ1) is 12.0. The van der Waals surface area contributed by atoms with Crippen LogP contribution in [0.15, 0.2) is 24.3 Å². The molecule has 84 valence electrons. The van der Waals surface area contributed by atoms with Crippen molar-refractivity contribution in [1.29, 1.82) is 0 Å². The quantitative estimate of drug-likeness (QED) is 0.831. The molecule has 0 saturated heterocycles. The molecule has 1 aromatic rings. The highest BCUT2D eigenvalue weighted by molar-refractivity contribution is 5.23. The molecule has 1 unspecified atom stereocenters. The number of hydrogen-bond acceptors (Lipinski definition) is 2. The normalized spacial score (nSPS) is 15.1. The van der Waals surface area contributed by atoms with E-state index in [1.54, 1.807) is 25.1 Å². The number of halogens is 1. The standard InChI is InChI=1S/C12H17FO2/c1-9(2)12(3,14)8-15-11-7-5-4-6-10(11)13/h4-7,9,14H,8H2,1-3H3. The minimum atomic E-state index is -0.942. The molecule has 1 rings (SSSR count). The van der Waals surface area contributed by atoms with E-state index in [2.05, 4.69) is 0 Å².